The normalized spacial score (nSPS) is 26.9. The number of terminal acetylenes is 1. The van der Waals surface area contributed by atoms with Gasteiger partial charge in [0.2, 0.25) is 0 Å². The number of H-pyrrole nitrogens is 2. The van der Waals surface area contributed by atoms with Crippen molar-refractivity contribution in [1.82, 2.24) is 19.1 Å². The Morgan fingerprint density at radius 1 is 0.872 bits per heavy atom. The van der Waals surface area contributed by atoms with E-state index in [1.165, 1.54) is 26.2 Å². The maximum Gasteiger partial charge on any atom is 0.472 e. The van der Waals surface area contributed by atoms with Crippen molar-refractivity contribution in [2.24, 2.45) is 0 Å². The fraction of sp³-hybridized carbons (Fsp3) is 0.615. The highest BCUT2D eigenvalue weighted by molar-refractivity contribution is 7.47. The molecule has 2 aromatic heterocycles. The lowest BCUT2D eigenvalue weighted by Gasteiger charge is -2.23. The quantitative estimate of drug-likeness (QED) is 0.0933. The van der Waals surface area contributed by atoms with E-state index in [2.05, 4.69) is 15.9 Å². The predicted molar refractivity (Wildman–Crippen MR) is 160 cm³/mol. The number of phosphoric ester groups is 2. The van der Waals surface area contributed by atoms with Gasteiger partial charge in [0.25, 0.3) is 11.1 Å². The number of ether oxygens (including phenoxy) is 2. The molecule has 0 spiro atoms. The van der Waals surface area contributed by atoms with Crippen LogP contribution in [0.4, 0.5) is 0 Å². The van der Waals surface area contributed by atoms with Crippen molar-refractivity contribution in [3.63, 3.8) is 0 Å². The van der Waals surface area contributed by atoms with E-state index in [9.17, 15) is 43.2 Å². The van der Waals surface area contributed by atoms with Crippen molar-refractivity contribution < 1.29 is 51.6 Å². The Balaban J connectivity index is 1.43. The number of hydrogen-bond donors (Lipinski definition) is 5. The standard InChI is InChI=1S/C26H36N4O15P2/c1-4-5-6-7-8-40-46(36,37)41-14-20-18(10-22(44-20)30-12-16(3)24(33)28-26(30)35)45-47(38,39)42-13-19-17(31)9-21(43-19)29-11-15(2)23(32)27-25(29)34/h1,11-12,17-22,31H,5-10,13-14H2,2-3H3,(H,36,37)(H,38,39)(H,27,32,34)(H,28,33,35)/t17-,18-,19+,20+,21+,22+/m0/s1. The summed E-state index contributed by atoms with van der Waals surface area (Å²) in [7, 11) is -9.60. The Morgan fingerprint density at radius 3 is 2.00 bits per heavy atom. The summed E-state index contributed by atoms with van der Waals surface area (Å²) < 4.78 is 59.4. The predicted octanol–water partition coefficient (Wildman–Crippen LogP) is 0.0788. The van der Waals surface area contributed by atoms with Crippen LogP contribution in [0.2, 0.25) is 0 Å². The number of aromatic nitrogens is 4. The molecule has 2 fully saturated rings. The minimum absolute atomic E-state index is 0.103. The monoisotopic (exact) mass is 706 g/mol. The molecule has 0 saturated carbocycles. The Morgan fingerprint density at radius 2 is 1.40 bits per heavy atom. The Labute approximate surface area is 266 Å². The van der Waals surface area contributed by atoms with Crippen LogP contribution in [0, 0.1) is 26.2 Å². The third kappa shape index (κ3) is 9.78. The molecule has 0 aliphatic carbocycles. The number of aryl methyl sites for hydroxylation is 2. The van der Waals surface area contributed by atoms with E-state index in [-0.39, 0.29) is 30.6 Å². The minimum Gasteiger partial charge on any atom is -0.390 e. The van der Waals surface area contributed by atoms with Gasteiger partial charge in [0.1, 0.15) is 30.8 Å². The van der Waals surface area contributed by atoms with Crippen LogP contribution in [-0.4, -0.2) is 78.2 Å². The molecule has 260 valence electrons. The van der Waals surface area contributed by atoms with E-state index in [1.807, 2.05) is 0 Å². The van der Waals surface area contributed by atoms with Gasteiger partial charge in [-0.15, -0.1) is 12.3 Å². The summed E-state index contributed by atoms with van der Waals surface area (Å²) in [6.07, 6.45) is 1.37. The average molecular weight is 707 g/mol. The number of phosphoric acid groups is 2. The minimum atomic E-state index is -4.98. The summed E-state index contributed by atoms with van der Waals surface area (Å²) in [5, 5.41) is 10.5. The van der Waals surface area contributed by atoms with Crippen molar-refractivity contribution in [2.45, 2.75) is 82.8 Å². The first-order valence-electron chi connectivity index (χ1n) is 14.4. The zero-order valence-electron chi connectivity index (χ0n) is 25.4. The molecule has 2 aliphatic rings. The maximum atomic E-state index is 13.0. The van der Waals surface area contributed by atoms with Gasteiger partial charge < -0.3 is 24.4 Å². The van der Waals surface area contributed by atoms with E-state index in [1.54, 1.807) is 0 Å². The van der Waals surface area contributed by atoms with Gasteiger partial charge in [0.15, 0.2) is 0 Å². The highest BCUT2D eigenvalue weighted by Gasteiger charge is 2.44. The lowest BCUT2D eigenvalue weighted by atomic mass is 10.2. The fourth-order valence-electron chi connectivity index (χ4n) is 4.85. The summed E-state index contributed by atoms with van der Waals surface area (Å²) in [5.41, 5.74) is -2.47. The van der Waals surface area contributed by atoms with Crippen molar-refractivity contribution in [1.29, 1.82) is 0 Å². The first-order valence-corrected chi connectivity index (χ1v) is 17.4. The van der Waals surface area contributed by atoms with Crippen LogP contribution < -0.4 is 22.5 Å². The highest BCUT2D eigenvalue weighted by atomic mass is 31.2. The second-order valence-electron chi connectivity index (χ2n) is 10.9. The topological polar surface area (TPSA) is 260 Å². The van der Waals surface area contributed by atoms with E-state index in [4.69, 9.17) is 34.0 Å². The number of nitrogens with zero attached hydrogens (tertiary/aromatic N) is 2. The number of hydrogen-bond acceptors (Lipinski definition) is 13. The highest BCUT2D eigenvalue weighted by Crippen LogP contribution is 2.50. The van der Waals surface area contributed by atoms with E-state index in [0.717, 1.165) is 9.13 Å². The molecule has 0 bridgehead atoms. The third-order valence-electron chi connectivity index (χ3n) is 7.34. The molecule has 19 nitrogen and oxygen atoms in total. The fourth-order valence-corrected chi connectivity index (χ4v) is 6.58. The van der Waals surface area contributed by atoms with Gasteiger partial charge in [-0.3, -0.25) is 46.8 Å². The smallest absolute Gasteiger partial charge is 0.390 e. The Hall–Kier alpha value is -2.98. The number of aromatic amines is 2. The van der Waals surface area contributed by atoms with Crippen molar-refractivity contribution in [3.8, 4) is 12.3 Å². The zero-order chi connectivity index (χ0) is 34.5. The molecule has 2 saturated heterocycles. The summed E-state index contributed by atoms with van der Waals surface area (Å²) in [6, 6.07) is 0. The van der Waals surface area contributed by atoms with Gasteiger partial charge in [-0.25, -0.2) is 18.7 Å². The number of aliphatic hydroxyl groups is 1. The van der Waals surface area contributed by atoms with E-state index >= 15 is 0 Å². The molecule has 0 amide bonds. The van der Waals surface area contributed by atoms with Crippen molar-refractivity contribution >= 4 is 15.6 Å². The van der Waals surface area contributed by atoms with E-state index in [0.29, 0.717) is 19.3 Å². The van der Waals surface area contributed by atoms with Gasteiger partial charge in [-0.05, 0) is 26.7 Å². The summed E-state index contributed by atoms with van der Waals surface area (Å²) in [5.74, 6) is 2.43. The van der Waals surface area contributed by atoms with Crippen LogP contribution in [0.1, 0.15) is 55.7 Å². The van der Waals surface area contributed by atoms with Crippen LogP contribution >= 0.6 is 15.6 Å². The summed E-state index contributed by atoms with van der Waals surface area (Å²) >= 11 is 0. The molecule has 4 rings (SSSR count). The molecule has 21 heteroatoms. The summed E-state index contributed by atoms with van der Waals surface area (Å²) in [6.45, 7) is 1.42. The lowest BCUT2D eigenvalue weighted by Crippen LogP contribution is -2.33. The Kier molecular flexibility index (Phi) is 12.1. The third-order valence-corrected chi connectivity index (χ3v) is 9.34. The second-order valence-corrected chi connectivity index (χ2v) is 13.8. The van der Waals surface area contributed by atoms with Gasteiger partial charge >= 0.3 is 27.0 Å². The van der Waals surface area contributed by atoms with Gasteiger partial charge in [0.05, 0.1) is 25.9 Å². The molecular formula is C26H36N4O15P2. The molecule has 0 radical (unpaired) electrons. The molecule has 5 N–H and O–H groups in total. The second kappa shape index (κ2) is 15.5. The largest absolute Gasteiger partial charge is 0.472 e. The van der Waals surface area contributed by atoms with E-state index < -0.39 is 88.2 Å². The van der Waals surface area contributed by atoms with Crippen LogP contribution in [-0.2, 0) is 36.7 Å². The zero-order valence-corrected chi connectivity index (χ0v) is 27.2. The first kappa shape index (κ1) is 36.8. The van der Waals surface area contributed by atoms with Crippen LogP contribution in [0.3, 0.4) is 0 Å². The van der Waals surface area contributed by atoms with Crippen LogP contribution in [0.5, 0.6) is 0 Å². The Bertz CT molecular complexity index is 1800. The number of nitrogens with one attached hydrogen (secondary N) is 2. The molecule has 2 aromatic rings. The molecule has 0 aromatic carbocycles. The lowest BCUT2D eigenvalue weighted by molar-refractivity contribution is -0.0576. The van der Waals surface area contributed by atoms with Crippen LogP contribution in [0.25, 0.3) is 0 Å². The summed E-state index contributed by atoms with van der Waals surface area (Å²) in [4.78, 5) is 73.1. The van der Waals surface area contributed by atoms with Gasteiger partial charge in [-0.2, -0.15) is 0 Å². The molecule has 47 heavy (non-hydrogen) atoms. The first-order chi connectivity index (χ1) is 22.1. The van der Waals surface area contributed by atoms with Crippen LogP contribution in [0.15, 0.2) is 31.6 Å². The number of rotatable bonds is 15. The molecule has 4 heterocycles. The average Bonchev–Trinajstić information content (AvgIpc) is 3.56. The maximum absolute atomic E-state index is 13.0. The molecule has 2 aliphatic heterocycles. The van der Waals surface area contributed by atoms with Gasteiger partial charge in [-0.1, -0.05) is 0 Å². The number of aliphatic hydroxyl groups excluding tert-OH is 1. The molecular weight excluding hydrogens is 670 g/mol. The SMILES string of the molecule is C#CCCCCOP(=O)(O)OC[C@H]1O[C@@H](n2cc(C)c(=O)[nH]c2=O)C[C@@H]1OP(=O)(O)OC[C@H]1O[C@@H](n2cc(C)c(=O)[nH]c2=O)C[C@@H]1O. The molecule has 8 atom stereocenters. The molecule has 2 unspecified atom stereocenters. The number of unbranched alkanes of at least 4 members (excludes halogenated alkanes) is 2. The van der Waals surface area contributed by atoms with Gasteiger partial charge in [0, 0.05) is 42.8 Å². The van der Waals surface area contributed by atoms with Crippen molar-refractivity contribution in [2.75, 3.05) is 19.8 Å². The van der Waals surface area contributed by atoms with Crippen molar-refractivity contribution in [3.05, 3.63) is 65.2 Å².